The summed E-state index contributed by atoms with van der Waals surface area (Å²) in [6.45, 7) is 8.62. The number of ether oxygens (including phenoxy) is 2. The van der Waals surface area contributed by atoms with Crippen molar-refractivity contribution in [2.24, 2.45) is 0 Å². The molecule has 118 valence electrons. The van der Waals surface area contributed by atoms with Crippen molar-refractivity contribution < 1.29 is 14.6 Å². The molecule has 1 heterocycles. The number of benzene rings is 1. The van der Waals surface area contributed by atoms with Gasteiger partial charge in [0, 0.05) is 6.54 Å². The van der Waals surface area contributed by atoms with E-state index in [4.69, 9.17) is 9.47 Å². The van der Waals surface area contributed by atoms with Gasteiger partial charge >= 0.3 is 0 Å². The van der Waals surface area contributed by atoms with E-state index >= 15 is 0 Å². The van der Waals surface area contributed by atoms with Gasteiger partial charge in [-0.25, -0.2) is 0 Å². The molecule has 4 heteroatoms. The van der Waals surface area contributed by atoms with E-state index in [0.29, 0.717) is 13.2 Å². The molecule has 1 atom stereocenters. The summed E-state index contributed by atoms with van der Waals surface area (Å²) in [6, 6.07) is 5.73. The number of rotatable bonds is 8. The Morgan fingerprint density at radius 1 is 1.14 bits per heavy atom. The summed E-state index contributed by atoms with van der Waals surface area (Å²) in [5.41, 5.74) is 0.908. The van der Waals surface area contributed by atoms with Crippen molar-refractivity contribution in [3.8, 4) is 11.5 Å². The lowest BCUT2D eigenvalue weighted by molar-refractivity contribution is 0.140. The summed E-state index contributed by atoms with van der Waals surface area (Å²) in [4.78, 5) is 2.39. The maximum atomic E-state index is 10.4. The Morgan fingerprint density at radius 3 is 2.62 bits per heavy atom. The Bertz CT molecular complexity index is 436. The van der Waals surface area contributed by atoms with Gasteiger partial charge in [-0.05, 0) is 43.6 Å². The van der Waals surface area contributed by atoms with Gasteiger partial charge in [0.2, 0.25) is 0 Å². The van der Waals surface area contributed by atoms with E-state index in [1.54, 1.807) is 0 Å². The second kappa shape index (κ2) is 8.25. The highest BCUT2D eigenvalue weighted by molar-refractivity contribution is 5.44. The fourth-order valence-corrected chi connectivity index (χ4v) is 2.55. The van der Waals surface area contributed by atoms with Crippen molar-refractivity contribution in [3.05, 3.63) is 23.8 Å². The molecule has 0 spiro atoms. The summed E-state index contributed by atoms with van der Waals surface area (Å²) in [5, 5.41) is 10.4. The minimum atomic E-state index is -0.448. The molecule has 4 nitrogen and oxygen atoms in total. The Hall–Kier alpha value is -1.26. The van der Waals surface area contributed by atoms with E-state index < -0.39 is 6.10 Å². The smallest absolute Gasteiger partial charge is 0.161 e. The van der Waals surface area contributed by atoms with Crippen LogP contribution in [0.5, 0.6) is 11.5 Å². The molecule has 1 aliphatic rings. The first-order chi connectivity index (χ1) is 10.2. The molecule has 0 fully saturated rings. The van der Waals surface area contributed by atoms with Crippen LogP contribution in [0.4, 0.5) is 0 Å². The number of unbranched alkanes of at least 4 members (excludes halogenated alkanes) is 1. The first-order valence-electron chi connectivity index (χ1n) is 8.04. The van der Waals surface area contributed by atoms with Crippen molar-refractivity contribution in [3.63, 3.8) is 0 Å². The Balaban J connectivity index is 1.89. The van der Waals surface area contributed by atoms with E-state index in [2.05, 4.69) is 18.7 Å². The molecule has 1 aliphatic heterocycles. The third-order valence-corrected chi connectivity index (χ3v) is 3.94. The number of hydrogen-bond acceptors (Lipinski definition) is 4. The summed E-state index contributed by atoms with van der Waals surface area (Å²) in [7, 11) is 0. The van der Waals surface area contributed by atoms with Gasteiger partial charge in [0.05, 0.1) is 6.10 Å². The molecule has 0 bridgehead atoms. The van der Waals surface area contributed by atoms with E-state index in [-0.39, 0.29) is 0 Å². The number of fused-ring (bicyclic) bond motifs is 1. The lowest BCUT2D eigenvalue weighted by atomic mass is 10.1. The predicted molar refractivity (Wildman–Crippen MR) is 84.0 cm³/mol. The second-order valence-electron chi connectivity index (χ2n) is 5.50. The minimum absolute atomic E-state index is 0.448. The summed E-state index contributed by atoms with van der Waals surface area (Å²) in [5.74, 6) is 1.52. The molecule has 0 aromatic heterocycles. The molecule has 21 heavy (non-hydrogen) atoms. The molecular formula is C17H27NO3. The maximum Gasteiger partial charge on any atom is 0.161 e. The van der Waals surface area contributed by atoms with E-state index in [9.17, 15) is 5.11 Å². The van der Waals surface area contributed by atoms with Crippen molar-refractivity contribution in [2.75, 3.05) is 32.8 Å². The van der Waals surface area contributed by atoms with Crippen LogP contribution < -0.4 is 9.47 Å². The van der Waals surface area contributed by atoms with Crippen LogP contribution in [0.25, 0.3) is 0 Å². The number of hydrogen-bond donors (Lipinski definition) is 1. The summed E-state index contributed by atoms with van der Waals surface area (Å²) in [6.07, 6.45) is 2.73. The van der Waals surface area contributed by atoms with Crippen LogP contribution in [0.2, 0.25) is 0 Å². The molecule has 2 rings (SSSR count). The average Bonchev–Trinajstić information content (AvgIpc) is 2.54. The molecule has 0 saturated heterocycles. The van der Waals surface area contributed by atoms with Crippen LogP contribution in [0, 0.1) is 0 Å². The summed E-state index contributed by atoms with van der Waals surface area (Å²) < 4.78 is 11.1. The van der Waals surface area contributed by atoms with Gasteiger partial charge in [-0.3, -0.25) is 0 Å². The van der Waals surface area contributed by atoms with Crippen LogP contribution in [-0.2, 0) is 0 Å². The largest absolute Gasteiger partial charge is 0.486 e. The van der Waals surface area contributed by atoms with Crippen molar-refractivity contribution >= 4 is 0 Å². The number of nitrogens with zero attached hydrogens (tertiary/aromatic N) is 1. The molecule has 1 aromatic carbocycles. The first kappa shape index (κ1) is 16.1. The molecular weight excluding hydrogens is 266 g/mol. The Labute approximate surface area is 127 Å². The zero-order valence-electron chi connectivity index (χ0n) is 13.2. The normalized spacial score (nSPS) is 15.2. The Morgan fingerprint density at radius 2 is 1.90 bits per heavy atom. The van der Waals surface area contributed by atoms with Crippen molar-refractivity contribution in [2.45, 2.75) is 39.2 Å². The molecule has 0 amide bonds. The number of aliphatic hydroxyl groups excluding tert-OH is 1. The van der Waals surface area contributed by atoms with Crippen LogP contribution >= 0.6 is 0 Å². The monoisotopic (exact) mass is 293 g/mol. The number of aliphatic hydroxyl groups is 1. The van der Waals surface area contributed by atoms with Gasteiger partial charge < -0.3 is 19.5 Å². The molecule has 1 unspecified atom stereocenters. The first-order valence-corrected chi connectivity index (χ1v) is 8.04. The second-order valence-corrected chi connectivity index (χ2v) is 5.50. The van der Waals surface area contributed by atoms with Crippen LogP contribution in [0.3, 0.4) is 0 Å². The van der Waals surface area contributed by atoms with Gasteiger partial charge in [-0.2, -0.15) is 0 Å². The molecule has 1 aromatic rings. The maximum absolute atomic E-state index is 10.4. The third-order valence-electron chi connectivity index (χ3n) is 3.94. The van der Waals surface area contributed by atoms with Crippen LogP contribution in [0.15, 0.2) is 18.2 Å². The zero-order valence-corrected chi connectivity index (χ0v) is 13.2. The topological polar surface area (TPSA) is 41.9 Å². The standard InChI is InChI=1S/C17H27NO3/c1-3-5-9-18(4-2)10-8-15(19)14-6-7-16-17(13-14)21-12-11-20-16/h6-7,13,15,19H,3-5,8-12H2,1-2H3. The molecule has 0 radical (unpaired) electrons. The highest BCUT2D eigenvalue weighted by Crippen LogP contribution is 2.33. The fraction of sp³-hybridized carbons (Fsp3) is 0.647. The zero-order chi connectivity index (χ0) is 15.1. The molecule has 1 N–H and O–H groups in total. The average molecular weight is 293 g/mol. The quantitative estimate of drug-likeness (QED) is 0.800. The molecule has 0 saturated carbocycles. The van der Waals surface area contributed by atoms with Crippen LogP contribution in [0.1, 0.15) is 44.8 Å². The van der Waals surface area contributed by atoms with Gasteiger partial charge in [-0.15, -0.1) is 0 Å². The SMILES string of the molecule is CCCCN(CC)CCC(O)c1ccc2c(c1)OCCO2. The lowest BCUT2D eigenvalue weighted by Crippen LogP contribution is -2.26. The van der Waals surface area contributed by atoms with Crippen molar-refractivity contribution in [1.82, 2.24) is 4.90 Å². The molecule has 0 aliphatic carbocycles. The highest BCUT2D eigenvalue weighted by Gasteiger charge is 2.16. The summed E-state index contributed by atoms with van der Waals surface area (Å²) >= 11 is 0. The highest BCUT2D eigenvalue weighted by atomic mass is 16.6. The van der Waals surface area contributed by atoms with E-state index in [1.807, 2.05) is 18.2 Å². The van der Waals surface area contributed by atoms with Gasteiger partial charge in [-0.1, -0.05) is 26.3 Å². The lowest BCUT2D eigenvalue weighted by Gasteiger charge is -2.23. The fourth-order valence-electron chi connectivity index (χ4n) is 2.55. The Kier molecular flexibility index (Phi) is 6.33. The van der Waals surface area contributed by atoms with Gasteiger partial charge in [0.25, 0.3) is 0 Å². The van der Waals surface area contributed by atoms with E-state index in [1.165, 1.54) is 12.8 Å². The van der Waals surface area contributed by atoms with Gasteiger partial charge in [0.15, 0.2) is 11.5 Å². The van der Waals surface area contributed by atoms with Crippen molar-refractivity contribution in [1.29, 1.82) is 0 Å². The van der Waals surface area contributed by atoms with Gasteiger partial charge in [0.1, 0.15) is 13.2 Å². The minimum Gasteiger partial charge on any atom is -0.486 e. The predicted octanol–water partition coefficient (Wildman–Crippen LogP) is 3.00. The van der Waals surface area contributed by atoms with Crippen LogP contribution in [-0.4, -0.2) is 42.9 Å². The van der Waals surface area contributed by atoms with E-state index in [0.717, 1.165) is 43.1 Å². The third kappa shape index (κ3) is 4.61.